The highest BCUT2D eigenvalue weighted by Gasteiger charge is 2.22. The van der Waals surface area contributed by atoms with E-state index >= 15 is 0 Å². The molecule has 28 heavy (non-hydrogen) atoms. The predicted octanol–water partition coefficient (Wildman–Crippen LogP) is 3.29. The maximum absolute atomic E-state index is 6.22. The third kappa shape index (κ3) is 5.69. The number of halogens is 1. The molecule has 7 heteroatoms. The first-order valence-corrected chi connectivity index (χ1v) is 9.76. The number of benzene rings is 2. The number of nitrogens with zero attached hydrogens (tertiary/aromatic N) is 2. The fourth-order valence-electron chi connectivity index (χ4n) is 3.32. The number of ether oxygens (including phenoxy) is 2. The van der Waals surface area contributed by atoms with Crippen LogP contribution in [0.15, 0.2) is 53.5 Å². The van der Waals surface area contributed by atoms with Gasteiger partial charge in [0.25, 0.3) is 0 Å². The SMILES string of the molecule is COCc1ccccc1NC(N)=NCC(c1cccc(Cl)c1)N1CCOCC1. The summed E-state index contributed by atoms with van der Waals surface area (Å²) in [5.41, 5.74) is 9.25. The first-order valence-electron chi connectivity index (χ1n) is 9.38. The molecule has 1 unspecified atom stereocenters. The van der Waals surface area contributed by atoms with Gasteiger partial charge in [-0.1, -0.05) is 41.9 Å². The second-order valence-electron chi connectivity index (χ2n) is 6.66. The summed E-state index contributed by atoms with van der Waals surface area (Å²) >= 11 is 6.22. The van der Waals surface area contributed by atoms with Gasteiger partial charge in [-0.3, -0.25) is 9.89 Å². The van der Waals surface area contributed by atoms with Gasteiger partial charge < -0.3 is 20.5 Å². The summed E-state index contributed by atoms with van der Waals surface area (Å²) < 4.78 is 10.7. The average molecular weight is 403 g/mol. The van der Waals surface area contributed by atoms with E-state index in [2.05, 4.69) is 21.3 Å². The molecule has 3 N–H and O–H groups in total. The molecule has 0 spiro atoms. The Bertz CT molecular complexity index is 793. The van der Waals surface area contributed by atoms with Crippen LogP contribution in [0, 0.1) is 0 Å². The zero-order chi connectivity index (χ0) is 19.8. The molecule has 0 saturated carbocycles. The van der Waals surface area contributed by atoms with E-state index in [1.54, 1.807) is 7.11 Å². The van der Waals surface area contributed by atoms with E-state index in [4.69, 9.17) is 26.8 Å². The van der Waals surface area contributed by atoms with Gasteiger partial charge in [-0.25, -0.2) is 0 Å². The molecule has 1 saturated heterocycles. The van der Waals surface area contributed by atoms with E-state index in [1.165, 1.54) is 0 Å². The lowest BCUT2D eigenvalue weighted by Crippen LogP contribution is -2.40. The Balaban J connectivity index is 1.75. The van der Waals surface area contributed by atoms with Crippen molar-refractivity contribution < 1.29 is 9.47 Å². The van der Waals surface area contributed by atoms with Crippen molar-refractivity contribution in [3.8, 4) is 0 Å². The number of nitrogens with one attached hydrogen (secondary N) is 1. The summed E-state index contributed by atoms with van der Waals surface area (Å²) in [4.78, 5) is 6.99. The molecule has 0 aliphatic carbocycles. The van der Waals surface area contributed by atoms with Gasteiger partial charge in [-0.15, -0.1) is 0 Å². The van der Waals surface area contributed by atoms with Gasteiger partial charge in [0.1, 0.15) is 0 Å². The molecule has 150 valence electrons. The van der Waals surface area contributed by atoms with E-state index in [0.717, 1.165) is 48.1 Å². The topological polar surface area (TPSA) is 72.1 Å². The number of morpholine rings is 1. The van der Waals surface area contributed by atoms with Gasteiger partial charge in [-0.05, 0) is 23.8 Å². The third-order valence-corrected chi connectivity index (χ3v) is 4.97. The fourth-order valence-corrected chi connectivity index (χ4v) is 3.52. The van der Waals surface area contributed by atoms with Crippen molar-refractivity contribution >= 4 is 23.2 Å². The van der Waals surface area contributed by atoms with E-state index in [-0.39, 0.29) is 6.04 Å². The standard InChI is InChI=1S/C21H27ClN4O2/c1-27-15-17-5-2-3-8-19(17)25-21(23)24-14-20(26-9-11-28-12-10-26)16-6-4-7-18(22)13-16/h2-8,13,20H,9-12,14-15H2,1H3,(H3,23,24,25). The molecule has 1 atom stereocenters. The molecule has 1 fully saturated rings. The largest absolute Gasteiger partial charge is 0.380 e. The first kappa shape index (κ1) is 20.6. The molecule has 0 radical (unpaired) electrons. The van der Waals surface area contributed by atoms with Crippen molar-refractivity contribution in [3.05, 3.63) is 64.7 Å². The van der Waals surface area contributed by atoms with Crippen LogP contribution in [0.4, 0.5) is 5.69 Å². The number of guanidine groups is 1. The number of methoxy groups -OCH3 is 1. The summed E-state index contributed by atoms with van der Waals surface area (Å²) in [5.74, 6) is 0.379. The molecule has 1 heterocycles. The van der Waals surface area contributed by atoms with Crippen molar-refractivity contribution in [2.45, 2.75) is 12.6 Å². The van der Waals surface area contributed by atoms with Crippen molar-refractivity contribution in [3.63, 3.8) is 0 Å². The molecule has 3 rings (SSSR count). The number of hydrogen-bond acceptors (Lipinski definition) is 4. The Labute approximate surface area is 171 Å². The van der Waals surface area contributed by atoms with Crippen LogP contribution in [0.25, 0.3) is 0 Å². The van der Waals surface area contributed by atoms with Crippen molar-refractivity contribution in [1.29, 1.82) is 0 Å². The van der Waals surface area contributed by atoms with Crippen LogP contribution in [-0.2, 0) is 16.1 Å². The van der Waals surface area contributed by atoms with Gasteiger partial charge in [-0.2, -0.15) is 0 Å². The van der Waals surface area contributed by atoms with Crippen LogP contribution in [0.3, 0.4) is 0 Å². The van der Waals surface area contributed by atoms with E-state index in [9.17, 15) is 0 Å². The average Bonchev–Trinajstić information content (AvgIpc) is 2.71. The summed E-state index contributed by atoms with van der Waals surface area (Å²) in [5, 5.41) is 3.92. The highest BCUT2D eigenvalue weighted by molar-refractivity contribution is 6.30. The van der Waals surface area contributed by atoms with Crippen LogP contribution in [0.2, 0.25) is 5.02 Å². The van der Waals surface area contributed by atoms with Crippen LogP contribution >= 0.6 is 11.6 Å². The fraction of sp³-hybridized carbons (Fsp3) is 0.381. The van der Waals surface area contributed by atoms with Gasteiger partial charge >= 0.3 is 0 Å². The summed E-state index contributed by atoms with van der Waals surface area (Å²) in [6, 6.07) is 15.9. The molecule has 0 aromatic heterocycles. The predicted molar refractivity (Wildman–Crippen MR) is 114 cm³/mol. The number of aliphatic imine (C=N–C) groups is 1. The van der Waals surface area contributed by atoms with E-state index in [1.807, 2.05) is 42.5 Å². The lowest BCUT2D eigenvalue weighted by molar-refractivity contribution is 0.0180. The molecular weight excluding hydrogens is 376 g/mol. The molecule has 1 aliphatic heterocycles. The Morgan fingerprint density at radius 1 is 1.25 bits per heavy atom. The maximum Gasteiger partial charge on any atom is 0.193 e. The van der Waals surface area contributed by atoms with Crippen LogP contribution in [-0.4, -0.2) is 50.8 Å². The van der Waals surface area contributed by atoms with Gasteiger partial charge in [0.2, 0.25) is 0 Å². The highest BCUT2D eigenvalue weighted by atomic mass is 35.5. The quantitative estimate of drug-likeness (QED) is 0.549. The summed E-state index contributed by atoms with van der Waals surface area (Å²) in [6.45, 7) is 4.20. The molecule has 0 bridgehead atoms. The van der Waals surface area contributed by atoms with Crippen molar-refractivity contribution in [2.24, 2.45) is 10.7 Å². The van der Waals surface area contributed by atoms with Crippen LogP contribution < -0.4 is 11.1 Å². The molecule has 2 aromatic carbocycles. The zero-order valence-corrected chi connectivity index (χ0v) is 16.9. The smallest absolute Gasteiger partial charge is 0.193 e. The Kier molecular flexibility index (Phi) is 7.68. The Morgan fingerprint density at radius 3 is 2.79 bits per heavy atom. The lowest BCUT2D eigenvalue weighted by atomic mass is 10.0. The number of hydrogen-bond donors (Lipinski definition) is 2. The minimum absolute atomic E-state index is 0.0946. The van der Waals surface area contributed by atoms with Crippen molar-refractivity contribution in [1.82, 2.24) is 4.90 Å². The van der Waals surface area contributed by atoms with Gasteiger partial charge in [0, 0.05) is 36.5 Å². The van der Waals surface area contributed by atoms with Crippen LogP contribution in [0.1, 0.15) is 17.2 Å². The molecular formula is C21H27ClN4O2. The third-order valence-electron chi connectivity index (χ3n) is 4.73. The molecule has 2 aromatic rings. The normalized spacial score (nSPS) is 16.7. The van der Waals surface area contributed by atoms with E-state index in [0.29, 0.717) is 19.1 Å². The first-order chi connectivity index (χ1) is 13.7. The van der Waals surface area contributed by atoms with Crippen molar-refractivity contribution in [2.75, 3.05) is 45.3 Å². The number of para-hydroxylation sites is 1. The Morgan fingerprint density at radius 2 is 2.04 bits per heavy atom. The number of anilines is 1. The minimum Gasteiger partial charge on any atom is -0.380 e. The van der Waals surface area contributed by atoms with Crippen LogP contribution in [0.5, 0.6) is 0 Å². The van der Waals surface area contributed by atoms with Gasteiger partial charge in [0.05, 0.1) is 32.4 Å². The number of nitrogens with two attached hydrogens (primary N) is 1. The monoisotopic (exact) mass is 402 g/mol. The summed E-state index contributed by atoms with van der Waals surface area (Å²) in [7, 11) is 1.67. The second kappa shape index (κ2) is 10.4. The summed E-state index contributed by atoms with van der Waals surface area (Å²) in [6.07, 6.45) is 0. The molecule has 6 nitrogen and oxygen atoms in total. The maximum atomic E-state index is 6.22. The second-order valence-corrected chi connectivity index (χ2v) is 7.10. The highest BCUT2D eigenvalue weighted by Crippen LogP contribution is 2.25. The zero-order valence-electron chi connectivity index (χ0n) is 16.1. The molecule has 0 amide bonds. The number of rotatable bonds is 7. The van der Waals surface area contributed by atoms with E-state index < -0.39 is 0 Å². The minimum atomic E-state index is 0.0946. The molecule has 1 aliphatic rings. The Hall–Kier alpha value is -2.12. The lowest BCUT2D eigenvalue weighted by Gasteiger charge is -2.34. The van der Waals surface area contributed by atoms with Gasteiger partial charge in [0.15, 0.2) is 5.96 Å².